The van der Waals surface area contributed by atoms with E-state index in [9.17, 15) is 4.79 Å². The molecule has 0 aliphatic rings. The number of rotatable bonds is 9. The maximum Gasteiger partial charge on any atom is 0.272 e. The lowest BCUT2D eigenvalue weighted by molar-refractivity contribution is 0.0956. The van der Waals surface area contributed by atoms with Crippen molar-refractivity contribution in [1.82, 2.24) is 10.4 Å². The summed E-state index contributed by atoms with van der Waals surface area (Å²) in [6.07, 6.45) is 3.69. The van der Waals surface area contributed by atoms with Crippen LogP contribution in [0.5, 0.6) is 11.5 Å². The van der Waals surface area contributed by atoms with Crippen LogP contribution in [0.4, 0.5) is 0 Å². The summed E-state index contributed by atoms with van der Waals surface area (Å²) in [4.78, 5) is 17.9. The summed E-state index contributed by atoms with van der Waals surface area (Å²) in [5.41, 5.74) is 6.16. The molecule has 6 nitrogen and oxygen atoms in total. The van der Waals surface area contributed by atoms with Gasteiger partial charge in [0.25, 0.3) is 5.91 Å². The summed E-state index contributed by atoms with van der Waals surface area (Å²) in [7, 11) is 1.62. The molecule has 0 aliphatic carbocycles. The minimum Gasteiger partial charge on any atom is -0.496 e. The van der Waals surface area contributed by atoms with Crippen molar-refractivity contribution in [2.24, 2.45) is 5.10 Å². The number of methoxy groups -OCH3 is 1. The van der Waals surface area contributed by atoms with Gasteiger partial charge in [0.2, 0.25) is 0 Å². The highest BCUT2D eigenvalue weighted by atomic mass is 16.5. The van der Waals surface area contributed by atoms with E-state index < -0.39 is 0 Å². The number of fused-ring (bicyclic) bond motifs is 1. The molecule has 0 unspecified atom stereocenters. The first-order chi connectivity index (χ1) is 16.7. The summed E-state index contributed by atoms with van der Waals surface area (Å²) in [6.45, 7) is 2.80. The SMILES string of the molecule is CCCCOc1cccc(C=NNC(=O)c2cc(-c3ccccc3OC)nc3ccccc23)c1. The first kappa shape index (κ1) is 23.0. The van der Waals surface area contributed by atoms with Gasteiger partial charge >= 0.3 is 0 Å². The predicted octanol–water partition coefficient (Wildman–Crippen LogP) is 5.85. The molecule has 0 aliphatic heterocycles. The van der Waals surface area contributed by atoms with Crippen molar-refractivity contribution in [2.45, 2.75) is 19.8 Å². The Hall–Kier alpha value is -4.19. The number of para-hydroxylation sites is 2. The van der Waals surface area contributed by atoms with Crippen molar-refractivity contribution in [3.05, 3.63) is 90.0 Å². The van der Waals surface area contributed by atoms with E-state index in [1.54, 1.807) is 19.4 Å². The molecule has 0 spiro atoms. The number of hydrazone groups is 1. The molecule has 172 valence electrons. The first-order valence-electron chi connectivity index (χ1n) is 11.3. The number of aromatic nitrogens is 1. The standard InChI is InChI=1S/C28H27N3O3/c1-3-4-16-34-21-11-9-10-20(17-21)19-29-31-28(32)24-18-26(23-13-6-8-15-27(23)33-2)30-25-14-7-5-12-22(24)25/h5-15,17-19H,3-4,16H2,1-2H3,(H,31,32). The summed E-state index contributed by atoms with van der Waals surface area (Å²) in [5, 5.41) is 4.92. The van der Waals surface area contributed by atoms with E-state index in [1.165, 1.54) is 0 Å². The van der Waals surface area contributed by atoms with Crippen LogP contribution in [0, 0.1) is 0 Å². The molecule has 3 aromatic carbocycles. The Bertz CT molecular complexity index is 1320. The Morgan fingerprint density at radius 1 is 1.03 bits per heavy atom. The topological polar surface area (TPSA) is 72.8 Å². The Morgan fingerprint density at radius 2 is 1.85 bits per heavy atom. The second kappa shape index (κ2) is 11.1. The summed E-state index contributed by atoms with van der Waals surface area (Å²) >= 11 is 0. The average molecular weight is 454 g/mol. The Balaban J connectivity index is 1.58. The molecule has 0 bridgehead atoms. The second-order valence-corrected chi connectivity index (χ2v) is 7.75. The number of hydrogen-bond donors (Lipinski definition) is 1. The number of nitrogens with zero attached hydrogens (tertiary/aromatic N) is 2. The van der Waals surface area contributed by atoms with Crippen molar-refractivity contribution in [1.29, 1.82) is 0 Å². The molecule has 0 fully saturated rings. The number of carbonyl (C=O) groups excluding carboxylic acids is 1. The lowest BCUT2D eigenvalue weighted by Gasteiger charge is -2.11. The normalized spacial score (nSPS) is 11.0. The Labute approximate surface area is 199 Å². The summed E-state index contributed by atoms with van der Waals surface area (Å²) in [5.74, 6) is 1.15. The van der Waals surface area contributed by atoms with Crippen LogP contribution in [0.1, 0.15) is 35.7 Å². The van der Waals surface area contributed by atoms with Crippen molar-refractivity contribution in [2.75, 3.05) is 13.7 Å². The van der Waals surface area contributed by atoms with Gasteiger partial charge in [-0.15, -0.1) is 0 Å². The lowest BCUT2D eigenvalue weighted by atomic mass is 10.0. The van der Waals surface area contributed by atoms with E-state index in [0.29, 0.717) is 23.6 Å². The quantitative estimate of drug-likeness (QED) is 0.196. The molecule has 0 saturated heterocycles. The van der Waals surface area contributed by atoms with E-state index in [-0.39, 0.29) is 5.91 Å². The Kier molecular flexibility index (Phi) is 7.50. The molecule has 1 heterocycles. The number of unbranched alkanes of at least 4 members (excludes halogenated alkanes) is 1. The van der Waals surface area contributed by atoms with Gasteiger partial charge in [-0.1, -0.05) is 55.8 Å². The first-order valence-corrected chi connectivity index (χ1v) is 11.3. The molecule has 1 N–H and O–H groups in total. The van der Waals surface area contributed by atoms with Gasteiger partial charge in [0.05, 0.1) is 36.7 Å². The van der Waals surface area contributed by atoms with E-state index in [0.717, 1.165) is 40.6 Å². The minimum absolute atomic E-state index is 0.318. The number of nitrogens with one attached hydrogen (secondary N) is 1. The van der Waals surface area contributed by atoms with Gasteiger partial charge in [-0.05, 0) is 48.4 Å². The van der Waals surface area contributed by atoms with Gasteiger partial charge < -0.3 is 9.47 Å². The van der Waals surface area contributed by atoms with E-state index in [4.69, 9.17) is 14.5 Å². The number of hydrogen-bond acceptors (Lipinski definition) is 5. The molecule has 0 atom stereocenters. The average Bonchev–Trinajstić information content (AvgIpc) is 2.88. The molecule has 6 heteroatoms. The van der Waals surface area contributed by atoms with E-state index in [1.807, 2.05) is 72.8 Å². The predicted molar refractivity (Wildman–Crippen MR) is 136 cm³/mol. The van der Waals surface area contributed by atoms with Crippen LogP contribution >= 0.6 is 0 Å². The van der Waals surface area contributed by atoms with Crippen LogP contribution in [0.15, 0.2) is 84.0 Å². The maximum atomic E-state index is 13.1. The number of amides is 1. The molecule has 1 amide bonds. The van der Waals surface area contributed by atoms with Crippen LogP contribution in [0.3, 0.4) is 0 Å². The van der Waals surface area contributed by atoms with Crippen molar-refractivity contribution in [3.63, 3.8) is 0 Å². The highest BCUT2D eigenvalue weighted by Gasteiger charge is 2.15. The molecule has 4 aromatic rings. The zero-order valence-corrected chi connectivity index (χ0v) is 19.3. The molecule has 4 rings (SSSR count). The monoisotopic (exact) mass is 453 g/mol. The van der Waals surface area contributed by atoms with E-state index in [2.05, 4.69) is 17.5 Å². The fourth-order valence-corrected chi connectivity index (χ4v) is 3.60. The fraction of sp³-hybridized carbons (Fsp3) is 0.179. The van der Waals surface area contributed by atoms with Crippen LogP contribution in [-0.4, -0.2) is 30.8 Å². The van der Waals surface area contributed by atoms with Crippen molar-refractivity contribution < 1.29 is 14.3 Å². The van der Waals surface area contributed by atoms with E-state index >= 15 is 0 Å². The van der Waals surface area contributed by atoms with Gasteiger partial charge in [0, 0.05) is 10.9 Å². The number of ether oxygens (including phenoxy) is 2. The minimum atomic E-state index is -0.318. The number of carbonyl (C=O) groups is 1. The highest BCUT2D eigenvalue weighted by Crippen LogP contribution is 2.31. The van der Waals surface area contributed by atoms with Gasteiger partial charge in [-0.2, -0.15) is 5.10 Å². The summed E-state index contributed by atoms with van der Waals surface area (Å²) < 4.78 is 11.2. The van der Waals surface area contributed by atoms with Gasteiger partial charge in [0.1, 0.15) is 11.5 Å². The molecule has 34 heavy (non-hydrogen) atoms. The third-order valence-electron chi connectivity index (χ3n) is 5.35. The van der Waals surface area contributed by atoms with Gasteiger partial charge in [0.15, 0.2) is 0 Å². The molecule has 0 saturated carbocycles. The molecular weight excluding hydrogens is 426 g/mol. The zero-order chi connectivity index (χ0) is 23.8. The fourth-order valence-electron chi connectivity index (χ4n) is 3.60. The third kappa shape index (κ3) is 5.41. The largest absolute Gasteiger partial charge is 0.496 e. The van der Waals surface area contributed by atoms with Crippen LogP contribution in [0.25, 0.3) is 22.2 Å². The smallest absolute Gasteiger partial charge is 0.272 e. The zero-order valence-electron chi connectivity index (χ0n) is 19.3. The highest BCUT2D eigenvalue weighted by molar-refractivity contribution is 6.07. The molecule has 0 radical (unpaired) electrons. The number of benzene rings is 3. The van der Waals surface area contributed by atoms with Gasteiger partial charge in [-0.25, -0.2) is 10.4 Å². The lowest BCUT2D eigenvalue weighted by Crippen LogP contribution is -2.18. The van der Waals surface area contributed by atoms with Crippen LogP contribution in [-0.2, 0) is 0 Å². The van der Waals surface area contributed by atoms with Gasteiger partial charge in [-0.3, -0.25) is 4.79 Å². The summed E-state index contributed by atoms with van der Waals surface area (Å²) in [6, 6.07) is 24.5. The van der Waals surface area contributed by atoms with Crippen molar-refractivity contribution >= 4 is 23.0 Å². The molecule has 1 aromatic heterocycles. The maximum absolute atomic E-state index is 13.1. The van der Waals surface area contributed by atoms with Crippen LogP contribution in [0.2, 0.25) is 0 Å². The third-order valence-corrected chi connectivity index (χ3v) is 5.35. The van der Waals surface area contributed by atoms with Crippen LogP contribution < -0.4 is 14.9 Å². The molecular formula is C28H27N3O3. The Morgan fingerprint density at radius 3 is 2.71 bits per heavy atom. The number of pyridine rings is 1. The second-order valence-electron chi connectivity index (χ2n) is 7.75. The van der Waals surface area contributed by atoms with Crippen molar-refractivity contribution in [3.8, 4) is 22.8 Å².